The lowest BCUT2D eigenvalue weighted by Gasteiger charge is -2.16. The third-order valence-electron chi connectivity index (χ3n) is 2.22. The number of primary amides is 1. The summed E-state index contributed by atoms with van der Waals surface area (Å²) in [4.78, 5) is 34.1. The monoisotopic (exact) mass is 267 g/mol. The summed E-state index contributed by atoms with van der Waals surface area (Å²) >= 11 is 0. The van der Waals surface area contributed by atoms with Crippen LogP contribution in [0.25, 0.3) is 0 Å². The smallest absolute Gasteiger partial charge is 0.339 e. The van der Waals surface area contributed by atoms with Gasteiger partial charge in [-0.1, -0.05) is 0 Å². The first-order valence-corrected chi connectivity index (χ1v) is 5.18. The minimum atomic E-state index is -1.32. The van der Waals surface area contributed by atoms with Crippen molar-refractivity contribution in [2.24, 2.45) is 5.73 Å². The number of hydrogen-bond donors (Lipinski definition) is 4. The van der Waals surface area contributed by atoms with E-state index in [-0.39, 0.29) is 17.8 Å². The van der Waals surface area contributed by atoms with Crippen LogP contribution in [0.3, 0.4) is 0 Å². The Morgan fingerprint density at radius 2 is 2.00 bits per heavy atom. The van der Waals surface area contributed by atoms with Gasteiger partial charge in [0.15, 0.2) is 0 Å². The topological polar surface area (TPSA) is 133 Å². The summed E-state index contributed by atoms with van der Waals surface area (Å²) in [6, 6.07) is 2.96. The number of nitrogens with one attached hydrogen (secondary N) is 1. The summed E-state index contributed by atoms with van der Waals surface area (Å²) in [6.45, 7) is -0.268. The minimum Gasteiger partial charge on any atom is -0.507 e. The first kappa shape index (κ1) is 14.3. The molecule has 0 aliphatic heterocycles. The van der Waals surface area contributed by atoms with Gasteiger partial charge in [0.25, 0.3) is 0 Å². The predicted octanol–water partition coefficient (Wildman–Crippen LogP) is 0.0394. The molecule has 0 unspecified atom stereocenters. The van der Waals surface area contributed by atoms with Gasteiger partial charge in [0.2, 0.25) is 5.91 Å². The molecule has 3 amide bonds. The van der Waals surface area contributed by atoms with E-state index in [0.717, 1.165) is 17.0 Å². The van der Waals surface area contributed by atoms with Crippen molar-refractivity contribution in [3.8, 4) is 5.75 Å². The molecule has 8 nitrogen and oxygen atoms in total. The molecule has 0 spiro atoms. The van der Waals surface area contributed by atoms with Crippen LogP contribution in [0.1, 0.15) is 10.4 Å². The molecule has 0 saturated heterocycles. The number of carboxylic acid groups (broad SMARTS) is 1. The Morgan fingerprint density at radius 1 is 1.37 bits per heavy atom. The van der Waals surface area contributed by atoms with Crippen molar-refractivity contribution in [2.75, 3.05) is 18.9 Å². The molecule has 0 aromatic heterocycles. The minimum absolute atomic E-state index is 0.177. The van der Waals surface area contributed by atoms with E-state index in [4.69, 9.17) is 10.8 Å². The van der Waals surface area contributed by atoms with Gasteiger partial charge in [-0.15, -0.1) is 0 Å². The van der Waals surface area contributed by atoms with Crippen molar-refractivity contribution >= 4 is 23.6 Å². The molecule has 0 bridgehead atoms. The van der Waals surface area contributed by atoms with Crippen LogP contribution in [0.5, 0.6) is 5.75 Å². The average molecular weight is 267 g/mol. The van der Waals surface area contributed by atoms with Gasteiger partial charge in [-0.3, -0.25) is 4.79 Å². The largest absolute Gasteiger partial charge is 0.507 e. The molecule has 1 rings (SSSR count). The lowest BCUT2D eigenvalue weighted by atomic mass is 10.2. The summed E-state index contributed by atoms with van der Waals surface area (Å²) in [5.74, 6) is -2.40. The predicted molar refractivity (Wildman–Crippen MR) is 65.9 cm³/mol. The number of amides is 3. The fourth-order valence-corrected chi connectivity index (χ4v) is 1.31. The molecular formula is C11H13N3O5. The number of nitrogens with two attached hydrogens (primary N) is 1. The molecule has 0 heterocycles. The van der Waals surface area contributed by atoms with Gasteiger partial charge in [0.1, 0.15) is 17.9 Å². The Labute approximate surface area is 108 Å². The fourth-order valence-electron chi connectivity index (χ4n) is 1.31. The summed E-state index contributed by atoms with van der Waals surface area (Å²) in [5.41, 5.74) is 4.78. The molecule has 0 aliphatic rings. The number of rotatable bonds is 4. The Morgan fingerprint density at radius 3 is 2.53 bits per heavy atom. The van der Waals surface area contributed by atoms with E-state index in [2.05, 4.69) is 5.32 Å². The zero-order valence-electron chi connectivity index (χ0n) is 10.1. The standard InChI is InChI=1S/C11H13N3O5/c1-14(5-9(12)16)11(19)13-6-2-3-8(15)7(4-6)10(17)18/h2-4,15H,5H2,1H3,(H2,12,16)(H,13,19)(H,17,18). The lowest BCUT2D eigenvalue weighted by Crippen LogP contribution is -2.38. The van der Waals surface area contributed by atoms with Crippen molar-refractivity contribution in [1.82, 2.24) is 4.90 Å². The molecule has 0 fully saturated rings. The van der Waals surface area contributed by atoms with E-state index in [1.165, 1.54) is 13.1 Å². The van der Waals surface area contributed by atoms with Crippen LogP contribution >= 0.6 is 0 Å². The van der Waals surface area contributed by atoms with Gasteiger partial charge in [-0.05, 0) is 18.2 Å². The van der Waals surface area contributed by atoms with E-state index in [0.29, 0.717) is 0 Å². The first-order chi connectivity index (χ1) is 8.81. The number of anilines is 1. The molecule has 0 atom stereocenters. The number of benzene rings is 1. The highest BCUT2D eigenvalue weighted by Gasteiger charge is 2.14. The molecule has 5 N–H and O–H groups in total. The Kier molecular flexibility index (Phi) is 4.30. The number of aromatic carboxylic acids is 1. The fraction of sp³-hybridized carbons (Fsp3) is 0.182. The third kappa shape index (κ3) is 3.87. The van der Waals surface area contributed by atoms with E-state index < -0.39 is 23.7 Å². The maximum absolute atomic E-state index is 11.6. The van der Waals surface area contributed by atoms with Gasteiger partial charge in [0, 0.05) is 12.7 Å². The van der Waals surface area contributed by atoms with Crippen LogP contribution in [-0.4, -0.2) is 46.6 Å². The molecule has 8 heteroatoms. The van der Waals surface area contributed by atoms with Crippen molar-refractivity contribution in [2.45, 2.75) is 0 Å². The van der Waals surface area contributed by atoms with Crippen LogP contribution in [0.4, 0.5) is 10.5 Å². The third-order valence-corrected chi connectivity index (χ3v) is 2.22. The molecule has 1 aromatic carbocycles. The number of carboxylic acids is 1. The molecule has 1 aromatic rings. The zero-order chi connectivity index (χ0) is 14.6. The number of likely N-dealkylation sites (N-methyl/N-ethyl adjacent to an activating group) is 1. The summed E-state index contributed by atoms with van der Waals surface area (Å²) < 4.78 is 0. The van der Waals surface area contributed by atoms with Crippen molar-refractivity contribution in [1.29, 1.82) is 0 Å². The molecule has 0 saturated carbocycles. The number of nitrogens with zero attached hydrogens (tertiary/aromatic N) is 1. The zero-order valence-corrected chi connectivity index (χ0v) is 10.1. The van der Waals surface area contributed by atoms with Crippen LogP contribution in [0.2, 0.25) is 0 Å². The SMILES string of the molecule is CN(CC(N)=O)C(=O)Nc1ccc(O)c(C(=O)O)c1. The second-order valence-electron chi connectivity index (χ2n) is 3.79. The average Bonchev–Trinajstić information content (AvgIpc) is 2.30. The summed E-state index contributed by atoms with van der Waals surface area (Å²) in [6.07, 6.45) is 0. The highest BCUT2D eigenvalue weighted by molar-refractivity contribution is 5.95. The van der Waals surface area contributed by atoms with E-state index in [1.807, 2.05) is 0 Å². The normalized spacial score (nSPS) is 9.74. The van der Waals surface area contributed by atoms with Gasteiger partial charge in [-0.2, -0.15) is 0 Å². The van der Waals surface area contributed by atoms with E-state index in [9.17, 15) is 19.5 Å². The second kappa shape index (κ2) is 5.71. The summed E-state index contributed by atoms with van der Waals surface area (Å²) in [5, 5.41) is 20.5. The Hall–Kier alpha value is -2.77. The van der Waals surface area contributed by atoms with Crippen LogP contribution < -0.4 is 11.1 Å². The molecule has 102 valence electrons. The van der Waals surface area contributed by atoms with Gasteiger partial charge in [-0.25, -0.2) is 9.59 Å². The molecule has 0 radical (unpaired) electrons. The molecule has 0 aliphatic carbocycles. The van der Waals surface area contributed by atoms with Gasteiger partial charge < -0.3 is 26.2 Å². The first-order valence-electron chi connectivity index (χ1n) is 5.18. The Balaban J connectivity index is 2.83. The number of aromatic hydroxyl groups is 1. The van der Waals surface area contributed by atoms with Gasteiger partial charge >= 0.3 is 12.0 Å². The second-order valence-corrected chi connectivity index (χ2v) is 3.79. The van der Waals surface area contributed by atoms with Crippen LogP contribution in [-0.2, 0) is 4.79 Å². The van der Waals surface area contributed by atoms with Crippen molar-refractivity contribution < 1.29 is 24.6 Å². The van der Waals surface area contributed by atoms with Crippen LogP contribution in [0.15, 0.2) is 18.2 Å². The van der Waals surface area contributed by atoms with Crippen LogP contribution in [0, 0.1) is 0 Å². The summed E-state index contributed by atoms with van der Waals surface area (Å²) in [7, 11) is 1.36. The maximum atomic E-state index is 11.6. The number of hydrogen-bond acceptors (Lipinski definition) is 4. The van der Waals surface area contributed by atoms with E-state index >= 15 is 0 Å². The van der Waals surface area contributed by atoms with Crippen molar-refractivity contribution in [3.63, 3.8) is 0 Å². The number of urea groups is 1. The van der Waals surface area contributed by atoms with Crippen molar-refractivity contribution in [3.05, 3.63) is 23.8 Å². The van der Waals surface area contributed by atoms with E-state index in [1.54, 1.807) is 0 Å². The molecule has 19 heavy (non-hydrogen) atoms. The maximum Gasteiger partial charge on any atom is 0.339 e. The highest BCUT2D eigenvalue weighted by Crippen LogP contribution is 2.21. The Bertz CT molecular complexity index is 529. The number of carbonyl (C=O) groups excluding carboxylic acids is 2. The number of phenols is 1. The van der Waals surface area contributed by atoms with Gasteiger partial charge in [0.05, 0.1) is 0 Å². The molecular weight excluding hydrogens is 254 g/mol. The lowest BCUT2D eigenvalue weighted by molar-refractivity contribution is -0.118. The highest BCUT2D eigenvalue weighted by atomic mass is 16.4. The quantitative estimate of drug-likeness (QED) is 0.571. The number of carbonyl (C=O) groups is 3.